The van der Waals surface area contributed by atoms with Gasteiger partial charge in [0.1, 0.15) is 9.88 Å². The second kappa shape index (κ2) is 8.39. The molecule has 0 aliphatic carbocycles. The molecule has 0 bridgehead atoms. The molecule has 0 unspecified atom stereocenters. The van der Waals surface area contributed by atoms with Crippen LogP contribution in [-0.4, -0.2) is 44.6 Å². The van der Waals surface area contributed by atoms with Gasteiger partial charge in [0.25, 0.3) is 0 Å². The minimum absolute atomic E-state index is 0.107. The zero-order chi connectivity index (χ0) is 20.4. The average Bonchev–Trinajstić information content (AvgIpc) is 2.75. The largest absolute Gasteiger partial charge is 0.378 e. The van der Waals surface area contributed by atoms with Crippen molar-refractivity contribution in [1.29, 1.82) is 0 Å². The van der Waals surface area contributed by atoms with Crippen LogP contribution in [0.1, 0.15) is 5.56 Å². The Bertz CT molecular complexity index is 1170. The van der Waals surface area contributed by atoms with Crippen LogP contribution in [0.25, 0.3) is 10.8 Å². The molecule has 29 heavy (non-hydrogen) atoms. The predicted octanol–water partition coefficient (Wildman–Crippen LogP) is 4.38. The maximum absolute atomic E-state index is 12.8. The highest BCUT2D eigenvalue weighted by atomic mass is 79.9. The van der Waals surface area contributed by atoms with Gasteiger partial charge in [-0.3, -0.25) is 0 Å². The van der Waals surface area contributed by atoms with Gasteiger partial charge < -0.3 is 13.8 Å². The molecule has 0 radical (unpaired) electrons. The summed E-state index contributed by atoms with van der Waals surface area (Å²) in [6.45, 7) is 2.77. The first-order chi connectivity index (χ1) is 13.9. The van der Waals surface area contributed by atoms with Crippen LogP contribution in [0.4, 0.5) is 0 Å². The van der Waals surface area contributed by atoms with Crippen LogP contribution in [0.3, 0.4) is 0 Å². The van der Waals surface area contributed by atoms with E-state index in [2.05, 4.69) is 20.8 Å². The van der Waals surface area contributed by atoms with E-state index < -0.39 is 10.1 Å². The number of benzene rings is 3. The molecule has 5 nitrogen and oxygen atoms in total. The molecule has 1 aliphatic rings. The van der Waals surface area contributed by atoms with E-state index in [1.807, 2.05) is 24.3 Å². The summed E-state index contributed by atoms with van der Waals surface area (Å²) in [5.41, 5.74) is 0.823. The lowest BCUT2D eigenvalue weighted by atomic mass is 10.1. The van der Waals surface area contributed by atoms with Gasteiger partial charge in [-0.2, -0.15) is 8.42 Å². The molecule has 3 aromatic carbocycles. The van der Waals surface area contributed by atoms with E-state index in [0.29, 0.717) is 22.7 Å². The van der Waals surface area contributed by atoms with Crippen LogP contribution in [0, 0.1) is 0 Å². The molecule has 0 atom stereocenters. The topological polar surface area (TPSA) is 55.8 Å². The van der Waals surface area contributed by atoms with E-state index in [1.165, 1.54) is 0 Å². The molecule has 1 aliphatic heterocycles. The van der Waals surface area contributed by atoms with Gasteiger partial charge in [-0.05, 0) is 57.0 Å². The van der Waals surface area contributed by atoms with Crippen molar-refractivity contribution in [3.63, 3.8) is 0 Å². The molecule has 0 saturated carbocycles. The van der Waals surface area contributed by atoms with Gasteiger partial charge in [-0.15, -0.1) is 0 Å². The number of ether oxygens (including phenoxy) is 1. The Morgan fingerprint density at radius 2 is 1.72 bits per heavy atom. The molecule has 3 aromatic rings. The number of halogens is 1. The number of hydrogen-bond acceptors (Lipinski definition) is 5. The Morgan fingerprint density at radius 3 is 2.45 bits per heavy atom. The molecular formula is C21H18BrNO4S2. The Balaban J connectivity index is 1.57. The monoisotopic (exact) mass is 491 g/mol. The summed E-state index contributed by atoms with van der Waals surface area (Å²) in [6.07, 6.45) is 0. The van der Waals surface area contributed by atoms with Crippen LogP contribution >= 0.6 is 28.1 Å². The standard InChI is InChI=1S/C21H18BrNO4S2/c22-19-14-17(21(28)23-9-11-26-12-10-23)6-8-20(19)27-29(24,25)18-7-5-15-3-1-2-4-16(15)13-18/h1-8,13-14H,9-12H2. The minimum Gasteiger partial charge on any atom is -0.378 e. The first-order valence-corrected chi connectivity index (χ1v) is 11.6. The van der Waals surface area contributed by atoms with E-state index in [1.54, 1.807) is 36.4 Å². The fourth-order valence-corrected chi connectivity index (χ4v) is 5.00. The quantitative estimate of drug-likeness (QED) is 0.398. The Morgan fingerprint density at radius 1 is 1.00 bits per heavy atom. The third kappa shape index (κ3) is 4.45. The molecule has 1 heterocycles. The highest BCUT2D eigenvalue weighted by molar-refractivity contribution is 9.10. The van der Waals surface area contributed by atoms with Crippen molar-refractivity contribution in [2.45, 2.75) is 4.90 Å². The van der Waals surface area contributed by atoms with Gasteiger partial charge in [0.15, 0.2) is 5.75 Å². The molecule has 0 spiro atoms. The van der Waals surface area contributed by atoms with Crippen LogP contribution in [0.15, 0.2) is 70.0 Å². The van der Waals surface area contributed by atoms with Crippen LogP contribution < -0.4 is 4.18 Å². The Labute approximate surface area is 183 Å². The van der Waals surface area contributed by atoms with Crippen molar-refractivity contribution < 1.29 is 17.3 Å². The lowest BCUT2D eigenvalue weighted by Crippen LogP contribution is -2.40. The number of morpholine rings is 1. The third-order valence-electron chi connectivity index (χ3n) is 4.69. The van der Waals surface area contributed by atoms with Crippen molar-refractivity contribution in [2.24, 2.45) is 0 Å². The fraction of sp³-hybridized carbons (Fsp3) is 0.190. The maximum Gasteiger partial charge on any atom is 0.339 e. The first kappa shape index (κ1) is 20.3. The summed E-state index contributed by atoms with van der Waals surface area (Å²) in [7, 11) is -3.97. The molecule has 1 fully saturated rings. The number of rotatable bonds is 4. The molecule has 0 aromatic heterocycles. The van der Waals surface area contributed by atoms with Crippen molar-refractivity contribution >= 4 is 54.0 Å². The number of thiocarbonyl (C=S) groups is 1. The van der Waals surface area contributed by atoms with E-state index >= 15 is 0 Å². The van der Waals surface area contributed by atoms with Gasteiger partial charge in [-0.25, -0.2) is 0 Å². The van der Waals surface area contributed by atoms with Crippen molar-refractivity contribution in [1.82, 2.24) is 4.90 Å². The van der Waals surface area contributed by atoms with Gasteiger partial charge in [0, 0.05) is 18.7 Å². The molecular weight excluding hydrogens is 474 g/mol. The van der Waals surface area contributed by atoms with E-state index in [4.69, 9.17) is 21.1 Å². The SMILES string of the molecule is O=S(=O)(Oc1ccc(C(=S)N2CCOCC2)cc1Br)c1ccc2ccccc2c1. The molecule has 8 heteroatoms. The summed E-state index contributed by atoms with van der Waals surface area (Å²) in [6, 6.07) is 17.7. The predicted molar refractivity (Wildman–Crippen MR) is 120 cm³/mol. The number of fused-ring (bicyclic) bond motifs is 1. The van der Waals surface area contributed by atoms with E-state index in [-0.39, 0.29) is 10.6 Å². The summed E-state index contributed by atoms with van der Waals surface area (Å²) in [5.74, 6) is 0.215. The summed E-state index contributed by atoms with van der Waals surface area (Å²) < 4.78 is 36.8. The van der Waals surface area contributed by atoms with E-state index in [0.717, 1.165) is 29.4 Å². The molecule has 1 saturated heterocycles. The second-order valence-electron chi connectivity index (χ2n) is 6.60. The van der Waals surface area contributed by atoms with Crippen molar-refractivity contribution in [2.75, 3.05) is 26.3 Å². The highest BCUT2D eigenvalue weighted by Crippen LogP contribution is 2.30. The third-order valence-corrected chi connectivity index (χ3v) is 7.03. The molecule has 0 amide bonds. The molecule has 150 valence electrons. The Kier molecular flexibility index (Phi) is 5.87. The van der Waals surface area contributed by atoms with Crippen LogP contribution in [-0.2, 0) is 14.9 Å². The van der Waals surface area contributed by atoms with Crippen LogP contribution in [0.5, 0.6) is 5.75 Å². The Hall–Kier alpha value is -2.00. The lowest BCUT2D eigenvalue weighted by Gasteiger charge is -2.29. The highest BCUT2D eigenvalue weighted by Gasteiger charge is 2.20. The molecule has 4 rings (SSSR count). The van der Waals surface area contributed by atoms with Crippen molar-refractivity contribution in [3.8, 4) is 5.75 Å². The fourth-order valence-electron chi connectivity index (χ4n) is 3.14. The summed E-state index contributed by atoms with van der Waals surface area (Å²) in [4.78, 5) is 2.89. The zero-order valence-electron chi connectivity index (χ0n) is 15.4. The average molecular weight is 492 g/mol. The zero-order valence-corrected chi connectivity index (χ0v) is 18.6. The minimum atomic E-state index is -3.97. The van der Waals surface area contributed by atoms with Crippen molar-refractivity contribution in [3.05, 3.63) is 70.7 Å². The number of nitrogens with zero attached hydrogens (tertiary/aromatic N) is 1. The summed E-state index contributed by atoms with van der Waals surface area (Å²) in [5, 5.41) is 1.80. The first-order valence-electron chi connectivity index (χ1n) is 9.04. The number of hydrogen-bond donors (Lipinski definition) is 0. The lowest BCUT2D eigenvalue weighted by molar-refractivity contribution is 0.0693. The van der Waals surface area contributed by atoms with Crippen LogP contribution in [0.2, 0.25) is 0 Å². The molecule has 0 N–H and O–H groups in total. The smallest absolute Gasteiger partial charge is 0.339 e. The summed E-state index contributed by atoms with van der Waals surface area (Å²) >= 11 is 8.98. The van der Waals surface area contributed by atoms with Gasteiger partial charge in [0.2, 0.25) is 0 Å². The second-order valence-corrected chi connectivity index (χ2v) is 9.38. The maximum atomic E-state index is 12.8. The van der Waals surface area contributed by atoms with Gasteiger partial charge >= 0.3 is 10.1 Å². The van der Waals surface area contributed by atoms with Gasteiger partial charge in [0.05, 0.1) is 17.7 Å². The van der Waals surface area contributed by atoms with Gasteiger partial charge in [-0.1, -0.05) is 42.5 Å². The normalized spacial score (nSPS) is 14.7. The van der Waals surface area contributed by atoms with E-state index in [9.17, 15) is 8.42 Å².